The maximum atomic E-state index is 12.2. The zero-order chi connectivity index (χ0) is 12.4. The molecule has 0 saturated carbocycles. The summed E-state index contributed by atoms with van der Waals surface area (Å²) in [5, 5.41) is 2.73. The molecule has 2 aliphatic heterocycles. The van der Waals surface area contributed by atoms with Crippen molar-refractivity contribution in [2.75, 3.05) is 13.1 Å². The van der Waals surface area contributed by atoms with Gasteiger partial charge in [-0.3, -0.25) is 9.59 Å². The minimum absolute atomic E-state index is 0.0101. The Hall–Kier alpha value is -1.10. The Morgan fingerprint density at radius 2 is 2.29 bits per heavy atom. The van der Waals surface area contributed by atoms with E-state index in [9.17, 15) is 9.59 Å². The van der Waals surface area contributed by atoms with E-state index < -0.39 is 0 Å². The standard InChI is InChI=1S/C12H21N3O2/c1-2-8-7-15(6-5-9(8)13)12(17)10-3-4-11(16)14-10/h8-10H,2-7,13H2,1H3,(H,14,16)/t8?,9?,10-/m1/s1. The highest BCUT2D eigenvalue weighted by Crippen LogP contribution is 2.20. The summed E-state index contributed by atoms with van der Waals surface area (Å²) < 4.78 is 0. The first kappa shape index (κ1) is 12.4. The lowest BCUT2D eigenvalue weighted by Gasteiger charge is -2.37. The normalized spacial score (nSPS) is 33.6. The number of carbonyl (C=O) groups excluding carboxylic acids is 2. The second-order valence-corrected chi connectivity index (χ2v) is 5.06. The van der Waals surface area contributed by atoms with Gasteiger partial charge in [0.1, 0.15) is 6.04 Å². The number of piperidine rings is 1. The van der Waals surface area contributed by atoms with Gasteiger partial charge < -0.3 is 16.0 Å². The van der Waals surface area contributed by atoms with Gasteiger partial charge in [0.05, 0.1) is 0 Å². The minimum atomic E-state index is -0.297. The topological polar surface area (TPSA) is 75.4 Å². The Balaban J connectivity index is 1.94. The number of likely N-dealkylation sites (tertiary alicyclic amines) is 1. The van der Waals surface area contributed by atoms with Crippen molar-refractivity contribution >= 4 is 11.8 Å². The Bertz CT molecular complexity index is 319. The summed E-state index contributed by atoms with van der Waals surface area (Å²) in [6, 6.07) is -0.0865. The summed E-state index contributed by atoms with van der Waals surface area (Å²) in [5.41, 5.74) is 6.02. The molecule has 2 saturated heterocycles. The first-order valence-corrected chi connectivity index (χ1v) is 6.45. The smallest absolute Gasteiger partial charge is 0.245 e. The van der Waals surface area contributed by atoms with Gasteiger partial charge >= 0.3 is 0 Å². The molecule has 2 heterocycles. The number of hydrogen-bond donors (Lipinski definition) is 2. The van der Waals surface area contributed by atoms with Crippen LogP contribution in [0.4, 0.5) is 0 Å². The fourth-order valence-electron chi connectivity index (χ4n) is 2.70. The van der Waals surface area contributed by atoms with Crippen LogP contribution in [0.25, 0.3) is 0 Å². The molecule has 96 valence electrons. The number of hydrogen-bond acceptors (Lipinski definition) is 3. The van der Waals surface area contributed by atoms with E-state index in [1.54, 1.807) is 0 Å². The third kappa shape index (κ3) is 2.60. The van der Waals surface area contributed by atoms with E-state index in [2.05, 4.69) is 12.2 Å². The van der Waals surface area contributed by atoms with Crippen LogP contribution in [0.2, 0.25) is 0 Å². The van der Waals surface area contributed by atoms with Crippen LogP contribution in [-0.2, 0) is 9.59 Å². The lowest BCUT2D eigenvalue weighted by Crippen LogP contribution is -2.53. The van der Waals surface area contributed by atoms with E-state index in [0.29, 0.717) is 18.8 Å². The molecule has 0 radical (unpaired) electrons. The van der Waals surface area contributed by atoms with Crippen LogP contribution < -0.4 is 11.1 Å². The van der Waals surface area contributed by atoms with Gasteiger partial charge in [-0.2, -0.15) is 0 Å². The molecule has 17 heavy (non-hydrogen) atoms. The lowest BCUT2D eigenvalue weighted by atomic mass is 9.90. The SMILES string of the molecule is CCC1CN(C(=O)[C@H]2CCC(=O)N2)CCC1N. The number of nitrogens with zero attached hydrogens (tertiary/aromatic N) is 1. The van der Waals surface area contributed by atoms with Gasteiger partial charge in [-0.05, 0) is 18.8 Å². The van der Waals surface area contributed by atoms with Gasteiger partial charge in [0.25, 0.3) is 0 Å². The van der Waals surface area contributed by atoms with Crippen LogP contribution in [0.1, 0.15) is 32.6 Å². The first-order valence-electron chi connectivity index (χ1n) is 6.45. The second kappa shape index (κ2) is 5.04. The van der Waals surface area contributed by atoms with Gasteiger partial charge in [0.15, 0.2) is 0 Å². The first-order chi connectivity index (χ1) is 8.11. The van der Waals surface area contributed by atoms with Crippen molar-refractivity contribution in [3.05, 3.63) is 0 Å². The van der Waals surface area contributed by atoms with Crippen molar-refractivity contribution in [2.24, 2.45) is 11.7 Å². The van der Waals surface area contributed by atoms with Gasteiger partial charge in [0.2, 0.25) is 11.8 Å². The predicted octanol–water partition coefficient (Wildman–Crippen LogP) is -0.149. The maximum absolute atomic E-state index is 12.2. The molecule has 5 heteroatoms. The molecule has 0 spiro atoms. The molecule has 0 aromatic rings. The minimum Gasteiger partial charge on any atom is -0.344 e. The molecule has 3 atom stereocenters. The monoisotopic (exact) mass is 239 g/mol. The zero-order valence-corrected chi connectivity index (χ0v) is 10.3. The summed E-state index contributed by atoms with van der Waals surface area (Å²) in [6.45, 7) is 3.57. The zero-order valence-electron chi connectivity index (χ0n) is 10.3. The van der Waals surface area contributed by atoms with E-state index >= 15 is 0 Å². The average Bonchev–Trinajstić information content (AvgIpc) is 2.75. The van der Waals surface area contributed by atoms with Crippen LogP contribution in [-0.4, -0.2) is 41.9 Å². The van der Waals surface area contributed by atoms with Crippen LogP contribution in [0.3, 0.4) is 0 Å². The van der Waals surface area contributed by atoms with Crippen LogP contribution >= 0.6 is 0 Å². The highest BCUT2D eigenvalue weighted by Gasteiger charge is 2.34. The van der Waals surface area contributed by atoms with Crippen molar-refractivity contribution in [3.63, 3.8) is 0 Å². The molecule has 0 aliphatic carbocycles. The lowest BCUT2D eigenvalue weighted by molar-refractivity contribution is -0.136. The molecule has 2 unspecified atom stereocenters. The van der Waals surface area contributed by atoms with Crippen LogP contribution in [0.5, 0.6) is 0 Å². The van der Waals surface area contributed by atoms with E-state index in [-0.39, 0.29) is 23.9 Å². The predicted molar refractivity (Wildman–Crippen MR) is 64.1 cm³/mol. The Labute approximate surface area is 102 Å². The van der Waals surface area contributed by atoms with Gasteiger partial charge in [0, 0.05) is 25.6 Å². The summed E-state index contributed by atoms with van der Waals surface area (Å²) in [7, 11) is 0. The quantitative estimate of drug-likeness (QED) is 0.703. The molecular formula is C12H21N3O2. The van der Waals surface area contributed by atoms with E-state index in [1.165, 1.54) is 0 Å². The van der Waals surface area contributed by atoms with Crippen molar-refractivity contribution in [1.29, 1.82) is 0 Å². The van der Waals surface area contributed by atoms with Gasteiger partial charge in [-0.15, -0.1) is 0 Å². The van der Waals surface area contributed by atoms with Crippen LogP contribution in [0.15, 0.2) is 0 Å². The summed E-state index contributed by atoms with van der Waals surface area (Å²) in [5.74, 6) is 0.454. The number of nitrogens with one attached hydrogen (secondary N) is 1. The largest absolute Gasteiger partial charge is 0.344 e. The van der Waals surface area contributed by atoms with Crippen molar-refractivity contribution in [3.8, 4) is 0 Å². The van der Waals surface area contributed by atoms with Gasteiger partial charge in [-0.25, -0.2) is 0 Å². The molecule has 2 fully saturated rings. The fraction of sp³-hybridized carbons (Fsp3) is 0.833. The number of carbonyl (C=O) groups is 2. The maximum Gasteiger partial charge on any atom is 0.245 e. The highest BCUT2D eigenvalue weighted by molar-refractivity contribution is 5.90. The molecule has 0 bridgehead atoms. The number of amides is 2. The molecule has 3 N–H and O–H groups in total. The van der Waals surface area contributed by atoms with Crippen molar-refractivity contribution in [1.82, 2.24) is 10.2 Å². The Kier molecular flexibility index (Phi) is 3.66. The van der Waals surface area contributed by atoms with E-state index in [1.807, 2.05) is 4.90 Å². The van der Waals surface area contributed by atoms with Gasteiger partial charge in [-0.1, -0.05) is 13.3 Å². The third-order valence-corrected chi connectivity index (χ3v) is 3.92. The molecule has 5 nitrogen and oxygen atoms in total. The summed E-state index contributed by atoms with van der Waals surface area (Å²) in [4.78, 5) is 25.2. The molecular weight excluding hydrogens is 218 g/mol. The highest BCUT2D eigenvalue weighted by atomic mass is 16.2. The van der Waals surface area contributed by atoms with E-state index in [4.69, 9.17) is 5.73 Å². The molecule has 0 aromatic carbocycles. The molecule has 2 amide bonds. The summed E-state index contributed by atoms with van der Waals surface area (Å²) in [6.07, 6.45) is 2.98. The molecule has 2 aliphatic rings. The van der Waals surface area contributed by atoms with Crippen molar-refractivity contribution in [2.45, 2.75) is 44.7 Å². The van der Waals surface area contributed by atoms with E-state index in [0.717, 1.165) is 25.9 Å². The fourth-order valence-corrected chi connectivity index (χ4v) is 2.70. The third-order valence-electron chi connectivity index (χ3n) is 3.92. The molecule has 2 rings (SSSR count). The number of rotatable bonds is 2. The average molecular weight is 239 g/mol. The summed E-state index contributed by atoms with van der Waals surface area (Å²) >= 11 is 0. The molecule has 0 aromatic heterocycles. The Morgan fingerprint density at radius 3 is 2.88 bits per heavy atom. The Morgan fingerprint density at radius 1 is 1.53 bits per heavy atom. The number of nitrogens with two attached hydrogens (primary N) is 1. The van der Waals surface area contributed by atoms with Crippen LogP contribution in [0, 0.1) is 5.92 Å². The second-order valence-electron chi connectivity index (χ2n) is 5.06. The van der Waals surface area contributed by atoms with Crippen molar-refractivity contribution < 1.29 is 9.59 Å².